The molecule has 6 heteroatoms. The van der Waals surface area contributed by atoms with Crippen LogP contribution in [-0.2, 0) is 0 Å². The molecule has 2 amide bonds. The van der Waals surface area contributed by atoms with Crippen molar-refractivity contribution >= 4 is 22.8 Å². The third-order valence-electron chi connectivity index (χ3n) is 2.16. The number of nitrogens with zero attached hydrogens (tertiary/aromatic N) is 1. The van der Waals surface area contributed by atoms with E-state index in [9.17, 15) is 4.79 Å². The molecule has 0 unspecified atom stereocenters. The van der Waals surface area contributed by atoms with E-state index in [1.165, 1.54) is 7.05 Å². The molecule has 0 aliphatic carbocycles. The van der Waals surface area contributed by atoms with E-state index in [1.54, 1.807) is 12.1 Å². The molecule has 0 aliphatic heterocycles. The Balaban J connectivity index is 2.49. The number of nitrogens with one attached hydrogen (secondary N) is 4. The SMILES string of the molecule is CNC(=O)Nc1cccc2[nH]c(C#N)[nH+]c12. The van der Waals surface area contributed by atoms with E-state index in [4.69, 9.17) is 5.26 Å². The molecular formula is C10H10N5O+. The topological polar surface area (TPSA) is 94.9 Å². The third kappa shape index (κ3) is 1.66. The van der Waals surface area contributed by atoms with Crippen LogP contribution in [0, 0.1) is 11.3 Å². The van der Waals surface area contributed by atoms with Gasteiger partial charge in [0.25, 0.3) is 0 Å². The number of hydrogen-bond donors (Lipinski definition) is 3. The van der Waals surface area contributed by atoms with Crippen molar-refractivity contribution in [2.24, 2.45) is 0 Å². The van der Waals surface area contributed by atoms with Crippen LogP contribution in [0.5, 0.6) is 0 Å². The van der Waals surface area contributed by atoms with E-state index in [1.807, 2.05) is 12.1 Å². The minimum atomic E-state index is -0.305. The number of aromatic nitrogens is 2. The molecule has 4 N–H and O–H groups in total. The van der Waals surface area contributed by atoms with Crippen molar-refractivity contribution in [3.8, 4) is 6.07 Å². The number of nitriles is 1. The lowest BCUT2D eigenvalue weighted by Crippen LogP contribution is -2.25. The molecule has 80 valence electrons. The van der Waals surface area contributed by atoms with Crippen LogP contribution in [0.3, 0.4) is 0 Å². The fourth-order valence-corrected chi connectivity index (χ4v) is 1.43. The van der Waals surface area contributed by atoms with E-state index in [0.717, 1.165) is 5.52 Å². The Morgan fingerprint density at radius 1 is 1.56 bits per heavy atom. The van der Waals surface area contributed by atoms with Crippen molar-refractivity contribution in [2.75, 3.05) is 12.4 Å². The number of fused-ring (bicyclic) bond motifs is 1. The molecule has 2 rings (SSSR count). The second kappa shape index (κ2) is 3.90. The summed E-state index contributed by atoms with van der Waals surface area (Å²) in [6.45, 7) is 0. The fraction of sp³-hybridized carbons (Fsp3) is 0.100. The van der Waals surface area contributed by atoms with Crippen molar-refractivity contribution in [3.63, 3.8) is 0 Å². The average Bonchev–Trinajstić information content (AvgIpc) is 2.73. The summed E-state index contributed by atoms with van der Waals surface area (Å²) in [5, 5.41) is 13.9. The van der Waals surface area contributed by atoms with Gasteiger partial charge in [0, 0.05) is 7.05 Å². The highest BCUT2D eigenvalue weighted by molar-refractivity contribution is 5.97. The van der Waals surface area contributed by atoms with Crippen molar-refractivity contribution < 1.29 is 9.78 Å². The zero-order valence-corrected chi connectivity index (χ0v) is 8.59. The van der Waals surface area contributed by atoms with Gasteiger partial charge in [-0.15, -0.1) is 0 Å². The Kier molecular flexibility index (Phi) is 2.44. The normalized spacial score (nSPS) is 9.75. The van der Waals surface area contributed by atoms with Crippen LogP contribution in [0.25, 0.3) is 11.0 Å². The predicted octanol–water partition coefficient (Wildman–Crippen LogP) is 0.605. The number of benzene rings is 1. The van der Waals surface area contributed by atoms with Crippen molar-refractivity contribution in [2.45, 2.75) is 0 Å². The number of hydrogen-bond acceptors (Lipinski definition) is 2. The summed E-state index contributed by atoms with van der Waals surface area (Å²) in [5.41, 5.74) is 2.09. The number of carbonyl (C=O) groups is 1. The highest BCUT2D eigenvalue weighted by Gasteiger charge is 2.13. The third-order valence-corrected chi connectivity index (χ3v) is 2.16. The van der Waals surface area contributed by atoms with Gasteiger partial charge >= 0.3 is 11.9 Å². The van der Waals surface area contributed by atoms with Gasteiger partial charge in [0.2, 0.25) is 0 Å². The highest BCUT2D eigenvalue weighted by atomic mass is 16.2. The molecular weight excluding hydrogens is 206 g/mol. The minimum Gasteiger partial charge on any atom is -0.341 e. The molecule has 2 aromatic rings. The largest absolute Gasteiger partial charge is 0.358 e. The second-order valence-corrected chi connectivity index (χ2v) is 3.17. The maximum absolute atomic E-state index is 11.2. The molecule has 0 radical (unpaired) electrons. The number of urea groups is 1. The molecule has 0 saturated carbocycles. The molecule has 6 nitrogen and oxygen atoms in total. The van der Waals surface area contributed by atoms with Crippen LogP contribution in [0.4, 0.5) is 10.5 Å². The van der Waals surface area contributed by atoms with E-state index < -0.39 is 0 Å². The predicted molar refractivity (Wildman–Crippen MR) is 57.6 cm³/mol. The summed E-state index contributed by atoms with van der Waals surface area (Å²) in [4.78, 5) is 17.0. The molecule has 0 aliphatic rings. The van der Waals surface area contributed by atoms with Gasteiger partial charge in [0.05, 0.1) is 5.69 Å². The van der Waals surface area contributed by atoms with Gasteiger partial charge in [-0.3, -0.25) is 0 Å². The molecule has 16 heavy (non-hydrogen) atoms. The number of amides is 2. The molecule has 0 atom stereocenters. The van der Waals surface area contributed by atoms with Gasteiger partial charge in [0.15, 0.2) is 17.1 Å². The van der Waals surface area contributed by atoms with Crippen LogP contribution in [0.2, 0.25) is 0 Å². The minimum absolute atomic E-state index is 0.305. The summed E-state index contributed by atoms with van der Waals surface area (Å²) >= 11 is 0. The van der Waals surface area contributed by atoms with Crippen molar-refractivity contribution in [3.05, 3.63) is 24.0 Å². The Labute approximate surface area is 91.3 Å². The Morgan fingerprint density at radius 2 is 2.38 bits per heavy atom. The van der Waals surface area contributed by atoms with Crippen LogP contribution in [-0.4, -0.2) is 18.1 Å². The smallest absolute Gasteiger partial charge is 0.341 e. The first kappa shape index (κ1) is 9.98. The van der Waals surface area contributed by atoms with Crippen LogP contribution in [0.1, 0.15) is 5.82 Å². The maximum Gasteiger partial charge on any atom is 0.358 e. The lowest BCUT2D eigenvalue weighted by molar-refractivity contribution is -0.348. The van der Waals surface area contributed by atoms with Gasteiger partial charge in [-0.2, -0.15) is 5.26 Å². The van der Waals surface area contributed by atoms with Gasteiger partial charge in [-0.1, -0.05) is 6.07 Å². The Hall–Kier alpha value is -2.55. The first-order chi connectivity index (χ1) is 7.74. The summed E-state index contributed by atoms with van der Waals surface area (Å²) in [5.74, 6) is 0.348. The van der Waals surface area contributed by atoms with Gasteiger partial charge in [0.1, 0.15) is 0 Å². The average molecular weight is 216 g/mol. The molecule has 1 aromatic carbocycles. The Bertz CT molecular complexity index is 580. The molecule has 1 aromatic heterocycles. The lowest BCUT2D eigenvalue weighted by Gasteiger charge is -2.02. The summed E-state index contributed by atoms with van der Waals surface area (Å²) < 4.78 is 0. The first-order valence-corrected chi connectivity index (χ1v) is 4.67. The van der Waals surface area contributed by atoms with E-state index in [0.29, 0.717) is 17.0 Å². The van der Waals surface area contributed by atoms with Gasteiger partial charge < -0.3 is 10.6 Å². The van der Waals surface area contributed by atoms with Crippen molar-refractivity contribution in [1.82, 2.24) is 10.3 Å². The number of aromatic amines is 2. The monoisotopic (exact) mass is 216 g/mol. The van der Waals surface area contributed by atoms with E-state index >= 15 is 0 Å². The molecule has 0 spiro atoms. The van der Waals surface area contributed by atoms with E-state index in [2.05, 4.69) is 20.6 Å². The summed E-state index contributed by atoms with van der Waals surface area (Å²) in [7, 11) is 1.54. The van der Waals surface area contributed by atoms with Crippen LogP contribution >= 0.6 is 0 Å². The van der Waals surface area contributed by atoms with Crippen LogP contribution < -0.4 is 15.6 Å². The first-order valence-electron chi connectivity index (χ1n) is 4.67. The van der Waals surface area contributed by atoms with Gasteiger partial charge in [-0.05, 0) is 12.1 Å². The zero-order chi connectivity index (χ0) is 11.5. The Morgan fingerprint density at radius 3 is 3.06 bits per heavy atom. The number of imidazole rings is 1. The molecule has 0 saturated heterocycles. The number of para-hydroxylation sites is 1. The fourth-order valence-electron chi connectivity index (χ4n) is 1.43. The van der Waals surface area contributed by atoms with Crippen molar-refractivity contribution in [1.29, 1.82) is 5.26 Å². The summed E-state index contributed by atoms with van der Waals surface area (Å²) in [6, 6.07) is 7.03. The number of H-pyrrole nitrogens is 2. The zero-order valence-electron chi connectivity index (χ0n) is 8.59. The highest BCUT2D eigenvalue weighted by Crippen LogP contribution is 2.17. The maximum atomic E-state index is 11.2. The molecule has 0 bridgehead atoms. The standard InChI is InChI=1S/C10H9N5O/c1-12-10(16)14-7-4-2-3-6-9(7)15-8(5-11)13-6/h2-4H,1H3,(H,13,15)(H2,12,14,16)/p+1. The number of anilines is 1. The van der Waals surface area contributed by atoms with E-state index in [-0.39, 0.29) is 6.03 Å². The molecule has 1 heterocycles. The number of rotatable bonds is 1. The van der Waals surface area contributed by atoms with Gasteiger partial charge in [-0.25, -0.2) is 14.8 Å². The quantitative estimate of drug-likeness (QED) is 0.651. The second-order valence-electron chi connectivity index (χ2n) is 3.17. The molecule has 0 fully saturated rings. The summed E-state index contributed by atoms with van der Waals surface area (Å²) in [6.07, 6.45) is 0. The number of carbonyl (C=O) groups excluding carboxylic acids is 1. The lowest BCUT2D eigenvalue weighted by atomic mass is 10.2. The van der Waals surface area contributed by atoms with Crippen LogP contribution in [0.15, 0.2) is 18.2 Å².